The number of Topliss-reactive ketones (excluding diaryl/α,β-unsaturated/α-hetero) is 1. The summed E-state index contributed by atoms with van der Waals surface area (Å²) in [5, 5.41) is 0. The lowest BCUT2D eigenvalue weighted by atomic mass is 9.89. The zero-order valence-electron chi connectivity index (χ0n) is 10.7. The van der Waals surface area contributed by atoms with Gasteiger partial charge in [0.05, 0.1) is 0 Å². The first kappa shape index (κ1) is 13.4. The van der Waals surface area contributed by atoms with Gasteiger partial charge in [-0.3, -0.25) is 9.59 Å². The molecule has 0 fully saturated rings. The van der Waals surface area contributed by atoms with Gasteiger partial charge in [-0.15, -0.1) is 0 Å². The maximum absolute atomic E-state index is 11.8. The van der Waals surface area contributed by atoms with E-state index in [2.05, 4.69) is 6.92 Å². The van der Waals surface area contributed by atoms with Gasteiger partial charge in [0.1, 0.15) is 16.9 Å². The number of hydrogen-bond donors (Lipinski definition) is 0. The molecule has 0 amide bonds. The van der Waals surface area contributed by atoms with Gasteiger partial charge in [0.2, 0.25) is 0 Å². The van der Waals surface area contributed by atoms with E-state index < -0.39 is 11.4 Å². The third-order valence-corrected chi connectivity index (χ3v) is 2.93. The van der Waals surface area contributed by atoms with E-state index in [9.17, 15) is 9.59 Å². The van der Waals surface area contributed by atoms with Crippen molar-refractivity contribution in [2.45, 2.75) is 34.1 Å². The van der Waals surface area contributed by atoms with Crippen molar-refractivity contribution in [2.75, 3.05) is 0 Å². The first-order valence-corrected chi connectivity index (χ1v) is 5.70. The lowest BCUT2D eigenvalue weighted by Gasteiger charge is -2.18. The molecule has 0 saturated heterocycles. The number of esters is 1. The molecule has 1 rings (SSSR count). The van der Waals surface area contributed by atoms with Gasteiger partial charge >= 0.3 is 5.97 Å². The van der Waals surface area contributed by atoms with Crippen LogP contribution in [0.25, 0.3) is 0 Å². The highest BCUT2D eigenvalue weighted by Crippen LogP contribution is 2.21. The van der Waals surface area contributed by atoms with Crippen molar-refractivity contribution in [3.8, 4) is 5.75 Å². The molecule has 0 unspecified atom stereocenters. The van der Waals surface area contributed by atoms with Gasteiger partial charge in [-0.2, -0.15) is 0 Å². The van der Waals surface area contributed by atoms with Crippen molar-refractivity contribution in [1.29, 1.82) is 0 Å². The Labute approximate surface area is 102 Å². The summed E-state index contributed by atoms with van der Waals surface area (Å²) in [6.07, 6.45) is 0.938. The van der Waals surface area contributed by atoms with E-state index in [1.807, 2.05) is 12.1 Å². The number of ether oxygens (including phenoxy) is 1. The van der Waals surface area contributed by atoms with Gasteiger partial charge in [-0.1, -0.05) is 19.1 Å². The molecule has 0 N–H and O–H groups in total. The van der Waals surface area contributed by atoms with E-state index in [-0.39, 0.29) is 5.78 Å². The normalized spacial score (nSPS) is 11.1. The molecule has 0 aromatic heterocycles. The molecule has 17 heavy (non-hydrogen) atoms. The van der Waals surface area contributed by atoms with Gasteiger partial charge in [0.15, 0.2) is 0 Å². The fourth-order valence-corrected chi connectivity index (χ4v) is 1.17. The summed E-state index contributed by atoms with van der Waals surface area (Å²) >= 11 is 0. The van der Waals surface area contributed by atoms with Gasteiger partial charge in [-0.05, 0) is 44.9 Å². The maximum atomic E-state index is 11.8. The fourth-order valence-electron chi connectivity index (χ4n) is 1.17. The Morgan fingerprint density at radius 2 is 1.71 bits per heavy atom. The van der Waals surface area contributed by atoms with Crippen LogP contribution in [0, 0.1) is 5.41 Å². The second-order valence-corrected chi connectivity index (χ2v) is 4.57. The molecule has 3 nitrogen and oxygen atoms in total. The molecular formula is C14H18O3. The number of rotatable bonds is 4. The lowest BCUT2D eigenvalue weighted by molar-refractivity contribution is -0.149. The third kappa shape index (κ3) is 3.16. The Morgan fingerprint density at radius 3 is 2.12 bits per heavy atom. The standard InChI is InChI=1S/C14H18O3/c1-5-11-6-8-12(9-7-11)17-13(16)14(3,4)10(2)15/h6-9H,5H2,1-4H3. The van der Waals surface area contributed by atoms with Crippen molar-refractivity contribution in [3.05, 3.63) is 29.8 Å². The van der Waals surface area contributed by atoms with E-state index in [4.69, 9.17) is 4.74 Å². The largest absolute Gasteiger partial charge is 0.426 e. The number of carbonyl (C=O) groups excluding carboxylic acids is 2. The van der Waals surface area contributed by atoms with Crippen LogP contribution < -0.4 is 4.74 Å². The van der Waals surface area contributed by atoms with Crippen molar-refractivity contribution in [2.24, 2.45) is 5.41 Å². The highest BCUT2D eigenvalue weighted by atomic mass is 16.5. The second kappa shape index (κ2) is 5.13. The van der Waals surface area contributed by atoms with Crippen LogP contribution in [0.15, 0.2) is 24.3 Å². The quantitative estimate of drug-likeness (QED) is 0.457. The van der Waals surface area contributed by atoms with E-state index >= 15 is 0 Å². The minimum Gasteiger partial charge on any atom is -0.426 e. The van der Waals surface area contributed by atoms with Crippen molar-refractivity contribution >= 4 is 11.8 Å². The number of hydrogen-bond acceptors (Lipinski definition) is 3. The molecule has 0 aliphatic carbocycles. The monoisotopic (exact) mass is 234 g/mol. The van der Waals surface area contributed by atoms with Crippen molar-refractivity contribution in [1.82, 2.24) is 0 Å². The summed E-state index contributed by atoms with van der Waals surface area (Å²) < 4.78 is 5.18. The Morgan fingerprint density at radius 1 is 1.18 bits per heavy atom. The van der Waals surface area contributed by atoms with Crippen LogP contribution in [-0.4, -0.2) is 11.8 Å². The molecule has 0 heterocycles. The molecule has 0 atom stereocenters. The van der Waals surface area contributed by atoms with Gasteiger partial charge in [0.25, 0.3) is 0 Å². The van der Waals surface area contributed by atoms with Crippen LogP contribution in [-0.2, 0) is 16.0 Å². The van der Waals surface area contributed by atoms with Gasteiger partial charge in [0, 0.05) is 0 Å². The zero-order valence-corrected chi connectivity index (χ0v) is 10.7. The van der Waals surface area contributed by atoms with Crippen molar-refractivity contribution in [3.63, 3.8) is 0 Å². The fraction of sp³-hybridized carbons (Fsp3) is 0.429. The molecular weight excluding hydrogens is 216 g/mol. The van der Waals surface area contributed by atoms with Crippen LogP contribution in [0.3, 0.4) is 0 Å². The first-order valence-electron chi connectivity index (χ1n) is 5.70. The SMILES string of the molecule is CCc1ccc(OC(=O)C(C)(C)C(C)=O)cc1. The average Bonchev–Trinajstić information content (AvgIpc) is 2.29. The molecule has 1 aromatic carbocycles. The number of carbonyl (C=O) groups is 2. The van der Waals surface area contributed by atoms with Crippen LogP contribution in [0.5, 0.6) is 5.75 Å². The molecule has 0 spiro atoms. The summed E-state index contributed by atoms with van der Waals surface area (Å²) in [6, 6.07) is 7.30. The topological polar surface area (TPSA) is 43.4 Å². The average molecular weight is 234 g/mol. The summed E-state index contributed by atoms with van der Waals surface area (Å²) in [5.74, 6) is -0.247. The lowest BCUT2D eigenvalue weighted by Crippen LogP contribution is -2.35. The van der Waals surface area contributed by atoms with E-state index in [1.54, 1.807) is 26.0 Å². The molecule has 0 aliphatic rings. The summed E-state index contributed by atoms with van der Waals surface area (Å²) in [7, 11) is 0. The van der Waals surface area contributed by atoms with E-state index in [0.29, 0.717) is 5.75 Å². The molecule has 92 valence electrons. The molecule has 0 radical (unpaired) electrons. The number of aryl methyl sites for hydroxylation is 1. The first-order chi connectivity index (χ1) is 7.87. The molecule has 0 saturated carbocycles. The molecule has 0 aliphatic heterocycles. The Balaban J connectivity index is 2.77. The number of ketones is 1. The highest BCUT2D eigenvalue weighted by molar-refractivity contribution is 6.02. The zero-order chi connectivity index (χ0) is 13.1. The summed E-state index contributed by atoms with van der Waals surface area (Å²) in [6.45, 7) is 6.58. The Kier molecular flexibility index (Phi) is 4.05. The predicted octanol–water partition coefficient (Wildman–Crippen LogP) is 2.77. The van der Waals surface area contributed by atoms with Gasteiger partial charge < -0.3 is 4.74 Å². The Hall–Kier alpha value is -1.64. The van der Waals surface area contributed by atoms with Gasteiger partial charge in [-0.25, -0.2) is 0 Å². The Bertz CT molecular complexity index is 416. The minimum atomic E-state index is -1.09. The minimum absolute atomic E-state index is 0.201. The molecule has 0 bridgehead atoms. The number of benzene rings is 1. The summed E-state index contributed by atoms with van der Waals surface area (Å²) in [4.78, 5) is 23.1. The maximum Gasteiger partial charge on any atom is 0.324 e. The summed E-state index contributed by atoms with van der Waals surface area (Å²) in [5.41, 5.74) is 0.0827. The molecule has 3 heteroatoms. The van der Waals surface area contributed by atoms with Crippen molar-refractivity contribution < 1.29 is 14.3 Å². The molecule has 1 aromatic rings. The third-order valence-electron chi connectivity index (χ3n) is 2.93. The van der Waals surface area contributed by atoms with E-state index in [1.165, 1.54) is 12.5 Å². The smallest absolute Gasteiger partial charge is 0.324 e. The van der Waals surface area contributed by atoms with E-state index in [0.717, 1.165) is 6.42 Å². The van der Waals surface area contributed by atoms with Crippen LogP contribution >= 0.6 is 0 Å². The van der Waals surface area contributed by atoms with Crippen LogP contribution in [0.2, 0.25) is 0 Å². The second-order valence-electron chi connectivity index (χ2n) is 4.57. The highest BCUT2D eigenvalue weighted by Gasteiger charge is 2.34. The van der Waals surface area contributed by atoms with Crippen LogP contribution in [0.4, 0.5) is 0 Å². The van der Waals surface area contributed by atoms with Crippen LogP contribution in [0.1, 0.15) is 33.3 Å². The predicted molar refractivity (Wildman–Crippen MR) is 65.9 cm³/mol.